The number of pyridine rings is 1. The lowest BCUT2D eigenvalue weighted by Gasteiger charge is -2.07. The fourth-order valence-electron chi connectivity index (χ4n) is 1.56. The highest BCUT2D eigenvalue weighted by Crippen LogP contribution is 2.33. The monoisotopic (exact) mass is 240 g/mol. The van der Waals surface area contributed by atoms with Gasteiger partial charge < -0.3 is 9.47 Å². The summed E-state index contributed by atoms with van der Waals surface area (Å²) in [5.74, 6) is 1.11. The number of nitrogens with zero attached hydrogens (tertiary/aromatic N) is 1. The molecule has 2 rings (SSSR count). The van der Waals surface area contributed by atoms with E-state index >= 15 is 0 Å². The van der Waals surface area contributed by atoms with Gasteiger partial charge in [-0.1, -0.05) is 11.6 Å². The Balaban J connectivity index is 2.82. The number of halogens is 1. The topological polar surface area (TPSA) is 42.6 Å². The van der Waals surface area contributed by atoms with Gasteiger partial charge >= 0.3 is 0 Å². The summed E-state index contributed by atoms with van der Waals surface area (Å²) in [6.45, 7) is 0. The molecule has 0 saturated heterocycles. The van der Waals surface area contributed by atoms with Crippen molar-refractivity contribution >= 4 is 22.5 Å². The molecule has 0 spiro atoms. The normalized spacial score (nSPS) is 10.4. The Hall–Kier alpha value is -1.68. The summed E-state index contributed by atoms with van der Waals surface area (Å²) in [6.07, 6.45) is 1.47. The zero-order chi connectivity index (χ0) is 11.7. The van der Waals surface area contributed by atoms with E-state index in [-0.39, 0.29) is 0 Å². The van der Waals surface area contributed by atoms with Crippen LogP contribution in [0.5, 0.6) is 11.5 Å². The van der Waals surface area contributed by atoms with Gasteiger partial charge in [0.25, 0.3) is 5.52 Å². The maximum Gasteiger partial charge on any atom is 0.269 e. The molecule has 0 atom stereocenters. The van der Waals surface area contributed by atoms with E-state index in [1.54, 1.807) is 25.3 Å². The molecule has 0 radical (unpaired) electrons. The van der Waals surface area contributed by atoms with Crippen LogP contribution >= 0.6 is 11.6 Å². The second-order valence-corrected chi connectivity index (χ2v) is 3.64. The number of fused-ring (bicyclic) bond motifs is 1. The zero-order valence-corrected chi connectivity index (χ0v) is 9.65. The second kappa shape index (κ2) is 4.06. The molecule has 1 aromatic carbocycles. The fourth-order valence-corrected chi connectivity index (χ4v) is 1.76. The van der Waals surface area contributed by atoms with Crippen molar-refractivity contribution in [2.45, 2.75) is 0 Å². The molecular formula is C11H11ClNO3+. The molecule has 0 aliphatic carbocycles. The predicted molar refractivity (Wildman–Crippen MR) is 59.4 cm³/mol. The summed E-state index contributed by atoms with van der Waals surface area (Å²) in [7, 11) is 3.09. The van der Waals surface area contributed by atoms with Crippen LogP contribution in [0.3, 0.4) is 0 Å². The van der Waals surface area contributed by atoms with Crippen molar-refractivity contribution in [3.05, 3.63) is 29.4 Å². The Morgan fingerprint density at radius 2 is 1.81 bits per heavy atom. The van der Waals surface area contributed by atoms with E-state index < -0.39 is 0 Å². The molecule has 16 heavy (non-hydrogen) atoms. The van der Waals surface area contributed by atoms with Crippen molar-refractivity contribution in [3.8, 4) is 11.5 Å². The van der Waals surface area contributed by atoms with Gasteiger partial charge in [-0.15, -0.1) is 0 Å². The first-order chi connectivity index (χ1) is 7.67. The smallest absolute Gasteiger partial charge is 0.269 e. The van der Waals surface area contributed by atoms with E-state index in [0.29, 0.717) is 27.4 Å². The van der Waals surface area contributed by atoms with E-state index in [0.717, 1.165) is 4.73 Å². The average molecular weight is 241 g/mol. The molecule has 1 aromatic heterocycles. The zero-order valence-electron chi connectivity index (χ0n) is 8.90. The third-order valence-corrected chi connectivity index (χ3v) is 2.70. The Kier molecular flexibility index (Phi) is 2.75. The molecule has 5 heteroatoms. The Morgan fingerprint density at radius 1 is 1.19 bits per heavy atom. The van der Waals surface area contributed by atoms with Crippen molar-refractivity contribution in [1.29, 1.82) is 0 Å². The highest BCUT2D eigenvalue weighted by atomic mass is 35.5. The molecule has 2 aromatic rings. The number of ether oxygens (including phenoxy) is 2. The van der Waals surface area contributed by atoms with Gasteiger partial charge in [0.1, 0.15) is 0 Å². The second-order valence-electron chi connectivity index (χ2n) is 3.23. The van der Waals surface area contributed by atoms with Gasteiger partial charge in [0.2, 0.25) is 6.20 Å². The van der Waals surface area contributed by atoms with Crippen LogP contribution in [-0.4, -0.2) is 19.4 Å². The number of methoxy groups -OCH3 is 2. The molecule has 0 saturated carbocycles. The van der Waals surface area contributed by atoms with E-state index in [9.17, 15) is 5.21 Å². The first-order valence-corrected chi connectivity index (χ1v) is 5.00. The minimum Gasteiger partial charge on any atom is -0.493 e. The number of hydrogen-bond acceptors (Lipinski definition) is 3. The quantitative estimate of drug-likeness (QED) is 0.645. The van der Waals surface area contributed by atoms with Crippen LogP contribution in [0.1, 0.15) is 0 Å². The van der Waals surface area contributed by atoms with Crippen LogP contribution in [0.4, 0.5) is 0 Å². The molecule has 0 aliphatic heterocycles. The predicted octanol–water partition coefficient (Wildman–Crippen LogP) is 2.04. The molecule has 1 N–H and O–H groups in total. The maximum atomic E-state index is 9.64. The molecule has 1 heterocycles. The third kappa shape index (κ3) is 1.61. The molecule has 0 unspecified atom stereocenters. The fraction of sp³-hybridized carbons (Fsp3) is 0.182. The summed E-state index contributed by atoms with van der Waals surface area (Å²) in [5, 5.41) is 10.9. The van der Waals surface area contributed by atoms with Crippen molar-refractivity contribution in [2.24, 2.45) is 0 Å². The summed E-state index contributed by atoms with van der Waals surface area (Å²) in [4.78, 5) is 0. The minimum atomic E-state index is 0.542. The molecule has 0 aliphatic rings. The van der Waals surface area contributed by atoms with Crippen molar-refractivity contribution in [2.75, 3.05) is 14.2 Å². The SMILES string of the molecule is COc1cc2c(Cl)cc[n+](O)c2cc1OC. The lowest BCUT2D eigenvalue weighted by atomic mass is 10.2. The summed E-state index contributed by atoms with van der Waals surface area (Å²) < 4.78 is 11.3. The van der Waals surface area contributed by atoms with Crippen LogP contribution < -0.4 is 14.2 Å². The summed E-state index contributed by atoms with van der Waals surface area (Å²) in [6, 6.07) is 5.00. The highest BCUT2D eigenvalue weighted by Gasteiger charge is 2.16. The van der Waals surface area contributed by atoms with Crippen molar-refractivity contribution < 1.29 is 19.4 Å². The summed E-state index contributed by atoms with van der Waals surface area (Å²) >= 11 is 6.03. The van der Waals surface area contributed by atoms with Crippen molar-refractivity contribution in [1.82, 2.24) is 0 Å². The van der Waals surface area contributed by atoms with Gasteiger partial charge in [-0.2, -0.15) is 0 Å². The number of aromatic nitrogens is 1. The van der Waals surface area contributed by atoms with Crippen molar-refractivity contribution in [3.63, 3.8) is 0 Å². The minimum absolute atomic E-state index is 0.542. The van der Waals surface area contributed by atoms with E-state index in [2.05, 4.69) is 0 Å². The largest absolute Gasteiger partial charge is 0.493 e. The Bertz CT molecular complexity index is 494. The van der Waals surface area contributed by atoms with E-state index in [1.165, 1.54) is 13.3 Å². The summed E-state index contributed by atoms with van der Waals surface area (Å²) in [5.41, 5.74) is 0.560. The van der Waals surface area contributed by atoms with Crippen LogP contribution in [0, 0.1) is 0 Å². The molecule has 0 bridgehead atoms. The highest BCUT2D eigenvalue weighted by molar-refractivity contribution is 6.35. The van der Waals surface area contributed by atoms with Gasteiger partial charge in [-0.3, -0.25) is 5.21 Å². The third-order valence-electron chi connectivity index (χ3n) is 2.37. The number of benzene rings is 1. The molecule has 4 nitrogen and oxygen atoms in total. The number of rotatable bonds is 2. The lowest BCUT2D eigenvalue weighted by molar-refractivity contribution is -0.884. The van der Waals surface area contributed by atoms with E-state index in [4.69, 9.17) is 21.1 Å². The standard InChI is InChI=1S/C11H11ClNO3/c1-15-10-5-7-8(12)3-4-13(14)9(7)6-11(10)16-2/h3-6,14H,1-2H3/q+1. The van der Waals surface area contributed by atoms with Gasteiger partial charge in [-0.05, 0) is 6.07 Å². The van der Waals surface area contributed by atoms with Gasteiger partial charge in [0.15, 0.2) is 11.5 Å². The molecule has 0 fully saturated rings. The van der Waals surface area contributed by atoms with Crippen LogP contribution in [0.15, 0.2) is 24.4 Å². The van der Waals surface area contributed by atoms with Gasteiger partial charge in [0.05, 0.1) is 30.7 Å². The molecule has 0 amide bonds. The first-order valence-electron chi connectivity index (χ1n) is 4.62. The molecule has 84 valence electrons. The maximum absolute atomic E-state index is 9.64. The first kappa shape index (κ1) is 10.8. The van der Waals surface area contributed by atoms with Crippen LogP contribution in [-0.2, 0) is 0 Å². The Labute approximate surface area is 97.6 Å². The van der Waals surface area contributed by atoms with Gasteiger partial charge in [0, 0.05) is 10.8 Å². The van der Waals surface area contributed by atoms with Crippen LogP contribution in [0.2, 0.25) is 5.02 Å². The Morgan fingerprint density at radius 3 is 2.44 bits per heavy atom. The average Bonchev–Trinajstić information content (AvgIpc) is 2.32. The lowest BCUT2D eigenvalue weighted by Crippen LogP contribution is -2.29. The van der Waals surface area contributed by atoms with Crippen LogP contribution in [0.25, 0.3) is 10.9 Å². The van der Waals surface area contributed by atoms with Gasteiger partial charge in [-0.25, -0.2) is 0 Å². The van der Waals surface area contributed by atoms with E-state index in [1.807, 2.05) is 0 Å². The number of hydrogen-bond donors (Lipinski definition) is 1. The molecular weight excluding hydrogens is 230 g/mol.